The van der Waals surface area contributed by atoms with Crippen LogP contribution in [-0.2, 0) is 16.1 Å². The van der Waals surface area contributed by atoms with Gasteiger partial charge in [0.25, 0.3) is 5.91 Å². The molecule has 2 aliphatic rings. The van der Waals surface area contributed by atoms with Crippen LogP contribution in [0.15, 0.2) is 47.8 Å². The predicted molar refractivity (Wildman–Crippen MR) is 100.0 cm³/mol. The van der Waals surface area contributed by atoms with Crippen LogP contribution in [0.2, 0.25) is 0 Å². The van der Waals surface area contributed by atoms with E-state index in [0.717, 1.165) is 16.9 Å². The van der Waals surface area contributed by atoms with Crippen LogP contribution in [0.3, 0.4) is 0 Å². The minimum atomic E-state index is -0.434. The fraction of sp³-hybridized carbons (Fsp3) is 0.400. The first-order valence-electron chi connectivity index (χ1n) is 8.93. The number of nitrogens with zero attached hydrogens (tertiary/aromatic N) is 2. The molecule has 2 fully saturated rings. The van der Waals surface area contributed by atoms with Gasteiger partial charge in [0.15, 0.2) is 0 Å². The first-order chi connectivity index (χ1) is 12.7. The number of ether oxygens (including phenoxy) is 1. The van der Waals surface area contributed by atoms with Crippen molar-refractivity contribution < 1.29 is 14.3 Å². The second-order valence-electron chi connectivity index (χ2n) is 6.95. The third kappa shape index (κ3) is 3.27. The van der Waals surface area contributed by atoms with Gasteiger partial charge >= 0.3 is 0 Å². The van der Waals surface area contributed by atoms with E-state index in [0.29, 0.717) is 39.3 Å². The van der Waals surface area contributed by atoms with Crippen LogP contribution >= 0.6 is 11.3 Å². The lowest BCUT2D eigenvalue weighted by atomic mass is 9.94. The number of carbonyl (C=O) groups is 2. The van der Waals surface area contributed by atoms with Crippen molar-refractivity contribution in [3.63, 3.8) is 0 Å². The van der Waals surface area contributed by atoms with Gasteiger partial charge in [-0.2, -0.15) is 0 Å². The summed E-state index contributed by atoms with van der Waals surface area (Å²) in [5, 5.41) is 1.91. The number of rotatable bonds is 3. The molecule has 2 aromatic rings. The van der Waals surface area contributed by atoms with E-state index in [2.05, 4.69) is 0 Å². The molecule has 1 atom stereocenters. The van der Waals surface area contributed by atoms with Crippen molar-refractivity contribution in [2.24, 2.45) is 0 Å². The van der Waals surface area contributed by atoms with Crippen molar-refractivity contribution in [2.45, 2.75) is 24.9 Å². The maximum Gasteiger partial charge on any atom is 0.264 e. The molecule has 0 N–H and O–H groups in total. The van der Waals surface area contributed by atoms with Gasteiger partial charge in [0, 0.05) is 32.7 Å². The SMILES string of the molecule is O=C(c1cccs1)N1CCC(=O)N(Cc2ccccc2)C2(CCOC2)C1. The topological polar surface area (TPSA) is 49.9 Å². The molecule has 1 spiro atoms. The lowest BCUT2D eigenvalue weighted by Gasteiger charge is -2.40. The van der Waals surface area contributed by atoms with Crippen LogP contribution in [0.4, 0.5) is 0 Å². The van der Waals surface area contributed by atoms with Crippen molar-refractivity contribution in [2.75, 3.05) is 26.3 Å². The normalized spacial score (nSPS) is 23.5. The van der Waals surface area contributed by atoms with E-state index < -0.39 is 5.54 Å². The van der Waals surface area contributed by atoms with Crippen molar-refractivity contribution in [3.8, 4) is 0 Å². The molecule has 3 heterocycles. The van der Waals surface area contributed by atoms with E-state index in [4.69, 9.17) is 4.74 Å². The molecule has 5 nitrogen and oxygen atoms in total. The first-order valence-corrected chi connectivity index (χ1v) is 9.81. The van der Waals surface area contributed by atoms with Gasteiger partial charge < -0.3 is 14.5 Å². The molecule has 0 aliphatic carbocycles. The predicted octanol–water partition coefficient (Wildman–Crippen LogP) is 2.78. The Morgan fingerprint density at radius 1 is 1.19 bits per heavy atom. The molecular formula is C20H22N2O3S. The molecule has 2 amide bonds. The van der Waals surface area contributed by atoms with Crippen LogP contribution in [0, 0.1) is 0 Å². The largest absolute Gasteiger partial charge is 0.379 e. The van der Waals surface area contributed by atoms with E-state index in [9.17, 15) is 9.59 Å². The average Bonchev–Trinajstić information content (AvgIpc) is 3.33. The zero-order valence-corrected chi connectivity index (χ0v) is 15.4. The van der Waals surface area contributed by atoms with Crippen molar-refractivity contribution in [1.29, 1.82) is 0 Å². The third-order valence-electron chi connectivity index (χ3n) is 5.24. The Morgan fingerprint density at radius 2 is 2.04 bits per heavy atom. The van der Waals surface area contributed by atoms with E-state index in [-0.39, 0.29) is 11.8 Å². The fourth-order valence-corrected chi connectivity index (χ4v) is 4.53. The quantitative estimate of drug-likeness (QED) is 0.835. The van der Waals surface area contributed by atoms with Gasteiger partial charge in [-0.1, -0.05) is 36.4 Å². The number of hydrogen-bond acceptors (Lipinski definition) is 4. The van der Waals surface area contributed by atoms with Gasteiger partial charge in [-0.25, -0.2) is 0 Å². The molecule has 0 bridgehead atoms. The lowest BCUT2D eigenvalue weighted by molar-refractivity contribution is -0.137. The van der Waals surface area contributed by atoms with Gasteiger partial charge in [-0.3, -0.25) is 9.59 Å². The van der Waals surface area contributed by atoms with E-state index in [1.165, 1.54) is 11.3 Å². The Kier molecular flexibility index (Phi) is 4.78. The molecule has 6 heteroatoms. The fourth-order valence-electron chi connectivity index (χ4n) is 3.84. The van der Waals surface area contributed by atoms with E-state index in [1.807, 2.05) is 57.6 Å². The summed E-state index contributed by atoms with van der Waals surface area (Å²) in [6, 6.07) is 13.8. The van der Waals surface area contributed by atoms with Crippen LogP contribution in [-0.4, -0.2) is 53.5 Å². The highest BCUT2D eigenvalue weighted by Gasteiger charge is 2.47. The smallest absolute Gasteiger partial charge is 0.264 e. The number of hydrogen-bond donors (Lipinski definition) is 0. The Bertz CT molecular complexity index is 770. The zero-order valence-electron chi connectivity index (χ0n) is 14.6. The molecule has 136 valence electrons. The standard InChI is InChI=1S/C20H22N2O3S/c23-18-8-10-21(19(24)17-7-4-12-26-17)14-20(9-11-25-15-20)22(18)13-16-5-2-1-3-6-16/h1-7,12H,8-11,13-15H2. The van der Waals surface area contributed by atoms with Crippen molar-refractivity contribution >= 4 is 23.2 Å². The van der Waals surface area contributed by atoms with Crippen LogP contribution in [0.5, 0.6) is 0 Å². The molecule has 1 aromatic carbocycles. The highest BCUT2D eigenvalue weighted by atomic mass is 32.1. The summed E-state index contributed by atoms with van der Waals surface area (Å²) in [5.41, 5.74) is 0.668. The van der Waals surface area contributed by atoms with Gasteiger partial charge in [0.1, 0.15) is 0 Å². The minimum absolute atomic E-state index is 0.0145. The first kappa shape index (κ1) is 17.2. The molecule has 2 saturated heterocycles. The summed E-state index contributed by atoms with van der Waals surface area (Å²) in [6.07, 6.45) is 1.12. The molecule has 26 heavy (non-hydrogen) atoms. The summed E-state index contributed by atoms with van der Waals surface area (Å²) in [7, 11) is 0. The Hall–Kier alpha value is -2.18. The molecule has 1 unspecified atom stereocenters. The number of amides is 2. The Morgan fingerprint density at radius 3 is 2.73 bits per heavy atom. The van der Waals surface area contributed by atoms with Gasteiger partial charge in [0.2, 0.25) is 5.91 Å². The van der Waals surface area contributed by atoms with Crippen LogP contribution < -0.4 is 0 Å². The van der Waals surface area contributed by atoms with Gasteiger partial charge in [0.05, 0.1) is 17.0 Å². The summed E-state index contributed by atoms with van der Waals surface area (Å²) < 4.78 is 5.70. The Labute approximate surface area is 157 Å². The molecule has 0 saturated carbocycles. The zero-order chi connectivity index (χ0) is 18.0. The molecular weight excluding hydrogens is 348 g/mol. The molecule has 2 aliphatic heterocycles. The van der Waals surface area contributed by atoms with E-state index >= 15 is 0 Å². The van der Waals surface area contributed by atoms with E-state index in [1.54, 1.807) is 0 Å². The lowest BCUT2D eigenvalue weighted by Crippen LogP contribution is -2.56. The highest BCUT2D eigenvalue weighted by Crippen LogP contribution is 2.33. The number of benzene rings is 1. The monoisotopic (exact) mass is 370 g/mol. The van der Waals surface area contributed by atoms with Crippen molar-refractivity contribution in [1.82, 2.24) is 9.80 Å². The number of thiophene rings is 1. The van der Waals surface area contributed by atoms with Crippen molar-refractivity contribution in [3.05, 3.63) is 58.3 Å². The molecule has 1 aromatic heterocycles. The third-order valence-corrected chi connectivity index (χ3v) is 6.10. The highest BCUT2D eigenvalue weighted by molar-refractivity contribution is 7.12. The molecule has 0 radical (unpaired) electrons. The van der Waals surface area contributed by atoms with Crippen LogP contribution in [0.25, 0.3) is 0 Å². The maximum atomic E-state index is 13.0. The summed E-state index contributed by atoms with van der Waals surface area (Å²) in [4.78, 5) is 30.4. The number of carbonyl (C=O) groups excluding carboxylic acids is 2. The minimum Gasteiger partial charge on any atom is -0.379 e. The van der Waals surface area contributed by atoms with Crippen LogP contribution in [0.1, 0.15) is 28.1 Å². The second-order valence-corrected chi connectivity index (χ2v) is 7.89. The Balaban J connectivity index is 1.62. The van der Waals surface area contributed by atoms with Gasteiger partial charge in [-0.05, 0) is 23.4 Å². The summed E-state index contributed by atoms with van der Waals surface area (Å²) in [5.74, 6) is 0.112. The summed E-state index contributed by atoms with van der Waals surface area (Å²) >= 11 is 1.45. The average molecular weight is 370 g/mol. The summed E-state index contributed by atoms with van der Waals surface area (Å²) in [6.45, 7) is 2.66. The molecule has 4 rings (SSSR count). The second kappa shape index (κ2) is 7.21. The maximum absolute atomic E-state index is 13.0. The van der Waals surface area contributed by atoms with Gasteiger partial charge in [-0.15, -0.1) is 11.3 Å².